The molecule has 98 valence electrons. The van der Waals surface area contributed by atoms with E-state index in [9.17, 15) is 9.18 Å². The highest BCUT2D eigenvalue weighted by atomic mass is 19.1. The van der Waals surface area contributed by atoms with Crippen molar-refractivity contribution in [2.24, 2.45) is 0 Å². The number of carbonyl (C=O) groups is 1. The zero-order valence-corrected chi connectivity index (χ0v) is 10.5. The Kier molecular flexibility index (Phi) is 3.75. The maximum absolute atomic E-state index is 13.1. The molecule has 2 rings (SSSR count). The van der Waals surface area contributed by atoms with Crippen LogP contribution in [0.4, 0.5) is 15.9 Å². The molecule has 0 aliphatic rings. The molecule has 0 aliphatic carbocycles. The average Bonchev–Trinajstić information content (AvgIpc) is 2.42. The second-order valence-electron chi connectivity index (χ2n) is 4.05. The third-order valence-electron chi connectivity index (χ3n) is 2.78. The van der Waals surface area contributed by atoms with Crippen LogP contribution in [-0.2, 0) is 6.42 Å². The topological polar surface area (TPSA) is 68.0 Å². The Labute approximate surface area is 110 Å². The molecule has 0 radical (unpaired) electrons. The second kappa shape index (κ2) is 5.48. The van der Waals surface area contributed by atoms with Crippen LogP contribution in [0.3, 0.4) is 0 Å². The quantitative estimate of drug-likeness (QED) is 0.890. The molecule has 1 amide bonds. The van der Waals surface area contributed by atoms with Gasteiger partial charge in [-0.1, -0.05) is 25.1 Å². The predicted molar refractivity (Wildman–Crippen MR) is 72.4 cm³/mol. The standard InChI is InChI=1S/C14H14FN3O/c1-2-9-5-3-4-6-12(9)18-14(19)11-7-10(15)8-17-13(11)16/h3-8H,2H2,1H3,(H2,16,17)(H,18,19). The number of nitrogens with two attached hydrogens (primary N) is 1. The molecule has 1 aromatic carbocycles. The van der Waals surface area contributed by atoms with Crippen LogP contribution in [0.1, 0.15) is 22.8 Å². The fourth-order valence-electron chi connectivity index (χ4n) is 1.77. The minimum atomic E-state index is -0.594. The molecule has 0 bridgehead atoms. The Hall–Kier alpha value is -2.43. The van der Waals surface area contributed by atoms with E-state index in [-0.39, 0.29) is 11.4 Å². The fourth-order valence-corrected chi connectivity index (χ4v) is 1.77. The number of benzene rings is 1. The number of aryl methyl sites for hydroxylation is 1. The Morgan fingerprint density at radius 1 is 1.42 bits per heavy atom. The van der Waals surface area contributed by atoms with E-state index in [2.05, 4.69) is 10.3 Å². The van der Waals surface area contributed by atoms with Gasteiger partial charge in [-0.3, -0.25) is 4.79 Å². The molecule has 1 heterocycles. The van der Waals surface area contributed by atoms with Gasteiger partial charge >= 0.3 is 0 Å². The third kappa shape index (κ3) is 2.88. The minimum Gasteiger partial charge on any atom is -0.383 e. The normalized spacial score (nSPS) is 10.2. The third-order valence-corrected chi connectivity index (χ3v) is 2.78. The highest BCUT2D eigenvalue weighted by Crippen LogP contribution is 2.18. The SMILES string of the molecule is CCc1ccccc1NC(=O)c1cc(F)cnc1N. The number of hydrogen-bond acceptors (Lipinski definition) is 3. The molecule has 1 aromatic heterocycles. The van der Waals surface area contributed by atoms with E-state index in [1.807, 2.05) is 25.1 Å². The number of nitrogen functional groups attached to an aromatic ring is 1. The van der Waals surface area contributed by atoms with Crippen LogP contribution >= 0.6 is 0 Å². The van der Waals surface area contributed by atoms with Crippen LogP contribution in [0.25, 0.3) is 0 Å². The average molecular weight is 259 g/mol. The molecular formula is C14H14FN3O. The molecular weight excluding hydrogens is 245 g/mol. The number of pyridine rings is 1. The van der Waals surface area contributed by atoms with Crippen LogP contribution < -0.4 is 11.1 Å². The van der Waals surface area contributed by atoms with E-state index in [1.54, 1.807) is 6.07 Å². The molecule has 4 nitrogen and oxygen atoms in total. The summed E-state index contributed by atoms with van der Waals surface area (Å²) < 4.78 is 13.1. The van der Waals surface area contributed by atoms with Gasteiger partial charge in [-0.05, 0) is 24.1 Å². The molecule has 0 atom stereocenters. The number of nitrogens with zero attached hydrogens (tertiary/aromatic N) is 1. The van der Waals surface area contributed by atoms with Crippen molar-refractivity contribution in [1.29, 1.82) is 0 Å². The molecule has 5 heteroatoms. The maximum atomic E-state index is 13.1. The molecule has 2 aromatic rings. The van der Waals surface area contributed by atoms with Crippen molar-refractivity contribution >= 4 is 17.4 Å². The van der Waals surface area contributed by atoms with Crippen molar-refractivity contribution in [3.05, 3.63) is 53.5 Å². The van der Waals surface area contributed by atoms with Gasteiger partial charge in [-0.15, -0.1) is 0 Å². The number of rotatable bonds is 3. The van der Waals surface area contributed by atoms with Gasteiger partial charge < -0.3 is 11.1 Å². The van der Waals surface area contributed by atoms with E-state index in [0.29, 0.717) is 5.69 Å². The Bertz CT molecular complexity index is 613. The molecule has 0 fully saturated rings. The molecule has 0 saturated heterocycles. The van der Waals surface area contributed by atoms with Crippen LogP contribution in [0.2, 0.25) is 0 Å². The van der Waals surface area contributed by atoms with Gasteiger partial charge in [-0.2, -0.15) is 0 Å². The van der Waals surface area contributed by atoms with Crippen molar-refractivity contribution in [3.8, 4) is 0 Å². The molecule has 0 unspecified atom stereocenters. The summed E-state index contributed by atoms with van der Waals surface area (Å²) in [5, 5.41) is 2.72. The first-order valence-corrected chi connectivity index (χ1v) is 5.92. The first-order chi connectivity index (χ1) is 9.11. The summed E-state index contributed by atoms with van der Waals surface area (Å²) in [6.45, 7) is 1.99. The van der Waals surface area contributed by atoms with Crippen LogP contribution in [0.15, 0.2) is 36.5 Å². The molecule has 19 heavy (non-hydrogen) atoms. The first-order valence-electron chi connectivity index (χ1n) is 5.92. The summed E-state index contributed by atoms with van der Waals surface area (Å²) in [6, 6.07) is 8.50. The summed E-state index contributed by atoms with van der Waals surface area (Å²) in [5.41, 5.74) is 7.30. The van der Waals surface area contributed by atoms with E-state index in [0.717, 1.165) is 24.2 Å². The second-order valence-corrected chi connectivity index (χ2v) is 4.05. The number of aromatic nitrogens is 1. The number of para-hydroxylation sites is 1. The molecule has 0 saturated carbocycles. The lowest BCUT2D eigenvalue weighted by Gasteiger charge is -2.10. The number of nitrogens with one attached hydrogen (secondary N) is 1. The van der Waals surface area contributed by atoms with E-state index < -0.39 is 11.7 Å². The van der Waals surface area contributed by atoms with Crippen molar-refractivity contribution < 1.29 is 9.18 Å². The predicted octanol–water partition coefficient (Wildman–Crippen LogP) is 2.62. The van der Waals surface area contributed by atoms with Crippen LogP contribution in [0.5, 0.6) is 0 Å². The van der Waals surface area contributed by atoms with Gasteiger partial charge in [0.15, 0.2) is 0 Å². The van der Waals surface area contributed by atoms with Gasteiger partial charge in [0.1, 0.15) is 11.6 Å². The highest BCUT2D eigenvalue weighted by molar-refractivity contribution is 6.07. The largest absolute Gasteiger partial charge is 0.383 e. The van der Waals surface area contributed by atoms with Crippen LogP contribution in [0, 0.1) is 5.82 Å². The minimum absolute atomic E-state index is 0.00730. The fraction of sp³-hybridized carbons (Fsp3) is 0.143. The van der Waals surface area contributed by atoms with Crippen molar-refractivity contribution in [1.82, 2.24) is 4.98 Å². The summed E-state index contributed by atoms with van der Waals surface area (Å²) in [6.07, 6.45) is 1.76. The monoisotopic (exact) mass is 259 g/mol. The van der Waals surface area contributed by atoms with Crippen LogP contribution in [-0.4, -0.2) is 10.9 Å². The highest BCUT2D eigenvalue weighted by Gasteiger charge is 2.13. The molecule has 0 aliphatic heterocycles. The Balaban J connectivity index is 2.28. The maximum Gasteiger partial charge on any atom is 0.259 e. The van der Waals surface area contributed by atoms with Crippen molar-refractivity contribution in [2.45, 2.75) is 13.3 Å². The molecule has 3 N–H and O–H groups in total. The number of amides is 1. The van der Waals surface area contributed by atoms with Gasteiger partial charge in [0.25, 0.3) is 5.91 Å². The summed E-state index contributed by atoms with van der Waals surface area (Å²) in [4.78, 5) is 15.7. The lowest BCUT2D eigenvalue weighted by Crippen LogP contribution is -2.16. The van der Waals surface area contributed by atoms with E-state index in [4.69, 9.17) is 5.73 Å². The Morgan fingerprint density at radius 3 is 2.89 bits per heavy atom. The first kappa shape index (κ1) is 13.0. The number of anilines is 2. The van der Waals surface area contributed by atoms with Crippen molar-refractivity contribution in [2.75, 3.05) is 11.1 Å². The van der Waals surface area contributed by atoms with Gasteiger partial charge in [-0.25, -0.2) is 9.37 Å². The number of carbonyl (C=O) groups excluding carboxylic acids is 1. The summed E-state index contributed by atoms with van der Waals surface area (Å²) in [7, 11) is 0. The zero-order valence-electron chi connectivity index (χ0n) is 10.5. The summed E-state index contributed by atoms with van der Waals surface area (Å²) in [5.74, 6) is -1.05. The van der Waals surface area contributed by atoms with Gasteiger partial charge in [0, 0.05) is 5.69 Å². The smallest absolute Gasteiger partial charge is 0.259 e. The van der Waals surface area contributed by atoms with Gasteiger partial charge in [0.2, 0.25) is 0 Å². The lowest BCUT2D eigenvalue weighted by atomic mass is 10.1. The number of hydrogen-bond donors (Lipinski definition) is 2. The Morgan fingerprint density at radius 2 is 2.16 bits per heavy atom. The van der Waals surface area contributed by atoms with Crippen molar-refractivity contribution in [3.63, 3.8) is 0 Å². The zero-order chi connectivity index (χ0) is 13.8. The number of halogens is 1. The van der Waals surface area contributed by atoms with E-state index >= 15 is 0 Å². The lowest BCUT2D eigenvalue weighted by molar-refractivity contribution is 0.102. The summed E-state index contributed by atoms with van der Waals surface area (Å²) >= 11 is 0. The van der Waals surface area contributed by atoms with Gasteiger partial charge in [0.05, 0.1) is 11.8 Å². The molecule has 0 spiro atoms. The van der Waals surface area contributed by atoms with E-state index in [1.165, 1.54) is 0 Å².